The van der Waals surface area contributed by atoms with Crippen LogP contribution < -0.4 is 4.90 Å². The van der Waals surface area contributed by atoms with Gasteiger partial charge >= 0.3 is 0 Å². The van der Waals surface area contributed by atoms with Crippen LogP contribution in [0.25, 0.3) is 93.5 Å². The lowest BCUT2D eigenvalue weighted by atomic mass is 9.99. The first-order chi connectivity index (χ1) is 29.2. The van der Waals surface area contributed by atoms with E-state index in [1.54, 1.807) is 0 Å². The third kappa shape index (κ3) is 5.42. The third-order valence-corrected chi connectivity index (χ3v) is 11.8. The zero-order valence-electron chi connectivity index (χ0n) is 32.0. The van der Waals surface area contributed by atoms with E-state index in [0.717, 1.165) is 50.5 Å². The van der Waals surface area contributed by atoms with Crippen LogP contribution in [0.1, 0.15) is 0 Å². The maximum Gasteiger partial charge on any atom is 0.227 e. The molecule has 0 bridgehead atoms. The summed E-state index contributed by atoms with van der Waals surface area (Å²) < 4.78 is 8.62. The molecule has 10 aromatic carbocycles. The first-order valence-corrected chi connectivity index (χ1v) is 20.0. The Morgan fingerprint density at radius 1 is 0.407 bits per heavy atom. The second kappa shape index (κ2) is 13.3. The van der Waals surface area contributed by atoms with E-state index in [2.05, 4.69) is 185 Å². The van der Waals surface area contributed by atoms with Crippen molar-refractivity contribution in [2.75, 3.05) is 4.90 Å². The minimum absolute atomic E-state index is 0.623. The van der Waals surface area contributed by atoms with Gasteiger partial charge in [0.2, 0.25) is 5.89 Å². The van der Waals surface area contributed by atoms with Crippen molar-refractivity contribution >= 4 is 82.3 Å². The summed E-state index contributed by atoms with van der Waals surface area (Å²) in [5.74, 6) is 0.623. The van der Waals surface area contributed by atoms with E-state index in [9.17, 15) is 0 Å². The van der Waals surface area contributed by atoms with Crippen LogP contribution in [-0.2, 0) is 0 Å². The minimum Gasteiger partial charge on any atom is -0.436 e. The predicted molar refractivity (Wildman–Crippen MR) is 246 cm³/mol. The number of benzene rings is 10. The van der Waals surface area contributed by atoms with Crippen molar-refractivity contribution in [2.45, 2.75) is 0 Å². The fourth-order valence-corrected chi connectivity index (χ4v) is 9.03. The number of nitrogens with zero attached hydrogens (tertiary/aromatic N) is 3. The summed E-state index contributed by atoms with van der Waals surface area (Å²) in [6.45, 7) is 0. The third-order valence-electron chi connectivity index (χ3n) is 11.8. The molecule has 2 aromatic heterocycles. The van der Waals surface area contributed by atoms with Gasteiger partial charge in [0.1, 0.15) is 5.52 Å². The fraction of sp³-hybridized carbons (Fsp3) is 0. The van der Waals surface area contributed by atoms with E-state index in [-0.39, 0.29) is 0 Å². The van der Waals surface area contributed by atoms with Gasteiger partial charge in [-0.05, 0) is 105 Å². The van der Waals surface area contributed by atoms with Crippen molar-refractivity contribution in [1.29, 1.82) is 0 Å². The van der Waals surface area contributed by atoms with Crippen molar-refractivity contribution in [3.05, 3.63) is 212 Å². The second-order valence-electron chi connectivity index (χ2n) is 15.2. The Hall–Kier alpha value is -7.95. The molecule has 0 N–H and O–H groups in total. The normalized spacial score (nSPS) is 11.7. The molecule has 12 rings (SSSR count). The highest BCUT2D eigenvalue weighted by molar-refractivity contribution is 6.21. The lowest BCUT2D eigenvalue weighted by molar-refractivity contribution is 0.620. The first-order valence-electron chi connectivity index (χ1n) is 20.0. The minimum atomic E-state index is 0.623. The van der Waals surface area contributed by atoms with E-state index >= 15 is 0 Å². The number of rotatable bonds is 6. The standard InChI is InChI=1S/C55H35N3O/c1-3-14-38(15-4-1)55-56-50-34-40(28-32-53(50)59-55)39-16-11-19-42(33-39)57(43-29-27-37-26-25-36-13-7-8-20-44(36)49(37)35-43)51-24-12-22-47-46(51)30-31-48-45-21-9-10-23-52(45)58(54(47)48)41-17-5-2-6-18-41/h1-35H. The molecule has 0 fully saturated rings. The van der Waals surface area contributed by atoms with Gasteiger partial charge in [-0.25, -0.2) is 4.98 Å². The number of oxazole rings is 1. The number of fused-ring (bicyclic) bond motifs is 9. The molecule has 0 radical (unpaired) electrons. The van der Waals surface area contributed by atoms with Crippen LogP contribution in [0.2, 0.25) is 0 Å². The Balaban J connectivity index is 1.09. The van der Waals surface area contributed by atoms with Crippen molar-refractivity contribution in [3.63, 3.8) is 0 Å². The number of hydrogen-bond donors (Lipinski definition) is 0. The van der Waals surface area contributed by atoms with Crippen LogP contribution in [0.4, 0.5) is 17.1 Å². The van der Waals surface area contributed by atoms with Gasteiger partial charge in [-0.2, -0.15) is 0 Å². The van der Waals surface area contributed by atoms with Crippen LogP contribution in [0.5, 0.6) is 0 Å². The van der Waals surface area contributed by atoms with Crippen molar-refractivity contribution in [1.82, 2.24) is 9.55 Å². The zero-order valence-corrected chi connectivity index (χ0v) is 32.0. The van der Waals surface area contributed by atoms with Crippen LogP contribution in [-0.4, -0.2) is 9.55 Å². The average Bonchev–Trinajstić information content (AvgIpc) is 3.89. The molecule has 0 amide bonds. The van der Waals surface area contributed by atoms with E-state index in [1.807, 2.05) is 36.4 Å². The lowest BCUT2D eigenvalue weighted by Gasteiger charge is -2.28. The largest absolute Gasteiger partial charge is 0.436 e. The highest BCUT2D eigenvalue weighted by atomic mass is 16.3. The van der Waals surface area contributed by atoms with Gasteiger partial charge in [-0.1, -0.05) is 140 Å². The lowest BCUT2D eigenvalue weighted by Crippen LogP contribution is -2.10. The topological polar surface area (TPSA) is 34.2 Å². The molecule has 276 valence electrons. The monoisotopic (exact) mass is 753 g/mol. The van der Waals surface area contributed by atoms with Gasteiger partial charge in [0.25, 0.3) is 0 Å². The molecule has 0 atom stereocenters. The zero-order chi connectivity index (χ0) is 38.9. The summed E-state index contributed by atoms with van der Waals surface area (Å²) in [6.07, 6.45) is 0. The van der Waals surface area contributed by atoms with Crippen LogP contribution in [0.3, 0.4) is 0 Å². The molecular formula is C55H35N3O. The molecule has 0 aliphatic rings. The van der Waals surface area contributed by atoms with Gasteiger partial charge in [-0.15, -0.1) is 0 Å². The van der Waals surface area contributed by atoms with E-state index < -0.39 is 0 Å². The summed E-state index contributed by atoms with van der Waals surface area (Å²) in [4.78, 5) is 7.33. The molecule has 0 saturated heterocycles. The molecule has 4 nitrogen and oxygen atoms in total. The Morgan fingerprint density at radius 2 is 1.05 bits per heavy atom. The Bertz CT molecular complexity index is 3570. The maximum atomic E-state index is 6.19. The van der Waals surface area contributed by atoms with Gasteiger partial charge in [0.05, 0.1) is 16.7 Å². The molecule has 0 aliphatic heterocycles. The number of hydrogen-bond acceptors (Lipinski definition) is 3. The summed E-state index contributed by atoms with van der Waals surface area (Å²) in [5, 5.41) is 9.74. The molecule has 0 spiro atoms. The van der Waals surface area contributed by atoms with E-state index in [0.29, 0.717) is 5.89 Å². The highest BCUT2D eigenvalue weighted by Crippen LogP contribution is 2.45. The fourth-order valence-electron chi connectivity index (χ4n) is 9.03. The molecular weight excluding hydrogens is 719 g/mol. The van der Waals surface area contributed by atoms with Gasteiger partial charge in [0.15, 0.2) is 5.58 Å². The smallest absolute Gasteiger partial charge is 0.227 e. The molecule has 4 heteroatoms. The van der Waals surface area contributed by atoms with Crippen molar-refractivity contribution in [3.8, 4) is 28.3 Å². The van der Waals surface area contributed by atoms with Gasteiger partial charge < -0.3 is 13.9 Å². The quantitative estimate of drug-likeness (QED) is 0.159. The van der Waals surface area contributed by atoms with Crippen LogP contribution >= 0.6 is 0 Å². The van der Waals surface area contributed by atoms with Crippen molar-refractivity contribution in [2.24, 2.45) is 0 Å². The molecule has 0 unspecified atom stereocenters. The molecule has 0 aliphatic carbocycles. The summed E-state index contributed by atoms with van der Waals surface area (Å²) >= 11 is 0. The summed E-state index contributed by atoms with van der Waals surface area (Å²) in [7, 11) is 0. The Labute approximate surface area is 340 Å². The predicted octanol–water partition coefficient (Wildman–Crippen LogP) is 15.2. The maximum absolute atomic E-state index is 6.19. The number of aromatic nitrogens is 2. The Morgan fingerprint density at radius 3 is 1.93 bits per heavy atom. The summed E-state index contributed by atoms with van der Waals surface area (Å²) in [6, 6.07) is 76.0. The van der Waals surface area contributed by atoms with Crippen LogP contribution in [0, 0.1) is 0 Å². The van der Waals surface area contributed by atoms with Crippen LogP contribution in [0.15, 0.2) is 217 Å². The highest BCUT2D eigenvalue weighted by Gasteiger charge is 2.21. The molecule has 59 heavy (non-hydrogen) atoms. The second-order valence-corrected chi connectivity index (χ2v) is 15.2. The van der Waals surface area contributed by atoms with Gasteiger partial charge in [0, 0.05) is 44.2 Å². The molecule has 12 aromatic rings. The SMILES string of the molecule is c1ccc(-c2nc3cc(-c4cccc(N(c5ccc6ccc7ccccc7c6c5)c5cccc6c5ccc5c7ccccc7n(-c7ccccc7)c65)c4)ccc3o2)cc1. The number of para-hydroxylation sites is 2. The molecule has 0 saturated carbocycles. The van der Waals surface area contributed by atoms with Crippen molar-refractivity contribution < 1.29 is 4.42 Å². The van der Waals surface area contributed by atoms with E-state index in [4.69, 9.17) is 9.40 Å². The number of anilines is 3. The van der Waals surface area contributed by atoms with Gasteiger partial charge in [-0.3, -0.25) is 0 Å². The first kappa shape index (κ1) is 33.2. The summed E-state index contributed by atoms with van der Waals surface area (Å²) in [5.41, 5.74) is 11.5. The Kier molecular flexibility index (Phi) is 7.50. The molecule has 2 heterocycles. The van der Waals surface area contributed by atoms with E-state index in [1.165, 1.54) is 54.1 Å². The average molecular weight is 754 g/mol.